The highest BCUT2D eigenvalue weighted by Crippen LogP contribution is 2.30. The van der Waals surface area contributed by atoms with Crippen LogP contribution in [0.3, 0.4) is 0 Å². The Morgan fingerprint density at radius 2 is 1.76 bits per heavy atom. The lowest BCUT2D eigenvalue weighted by atomic mass is 10.2. The van der Waals surface area contributed by atoms with Crippen molar-refractivity contribution in [2.24, 2.45) is 0 Å². The van der Waals surface area contributed by atoms with Crippen LogP contribution in [0.2, 0.25) is 10.0 Å². The van der Waals surface area contributed by atoms with Crippen molar-refractivity contribution in [3.63, 3.8) is 0 Å². The predicted molar refractivity (Wildman–Crippen MR) is 83.6 cm³/mol. The van der Waals surface area contributed by atoms with Gasteiger partial charge in [-0.1, -0.05) is 35.7 Å². The van der Waals surface area contributed by atoms with E-state index < -0.39 is 9.84 Å². The number of unbranched alkanes of at least 4 members (excludes halogenated alkanes) is 2. The molecule has 0 radical (unpaired) electrons. The van der Waals surface area contributed by atoms with Crippen molar-refractivity contribution in [2.75, 3.05) is 12.4 Å². The van der Waals surface area contributed by atoms with Crippen LogP contribution < -0.4 is 0 Å². The Kier molecular flexibility index (Phi) is 7.49. The summed E-state index contributed by atoms with van der Waals surface area (Å²) >= 11 is 11.8. The summed E-state index contributed by atoms with van der Waals surface area (Å²) < 4.78 is 29.2. The largest absolute Gasteiger partial charge is 0.466 e. The monoisotopic (exact) mass is 352 g/mol. The van der Waals surface area contributed by atoms with Crippen molar-refractivity contribution in [2.45, 2.75) is 37.5 Å². The van der Waals surface area contributed by atoms with E-state index in [1.165, 1.54) is 12.1 Å². The third-order valence-electron chi connectivity index (χ3n) is 2.83. The summed E-state index contributed by atoms with van der Waals surface area (Å²) in [6.45, 7) is 2.11. The maximum atomic E-state index is 12.2. The van der Waals surface area contributed by atoms with Gasteiger partial charge < -0.3 is 4.74 Å². The van der Waals surface area contributed by atoms with E-state index in [4.69, 9.17) is 27.9 Å². The van der Waals surface area contributed by atoms with E-state index in [0.717, 1.165) is 0 Å². The third-order valence-corrected chi connectivity index (χ3v) is 5.57. The van der Waals surface area contributed by atoms with Gasteiger partial charge in [-0.15, -0.1) is 0 Å². The summed E-state index contributed by atoms with van der Waals surface area (Å²) in [6, 6.07) is 4.60. The van der Waals surface area contributed by atoms with E-state index in [-0.39, 0.29) is 26.7 Å². The maximum Gasteiger partial charge on any atom is 0.305 e. The summed E-state index contributed by atoms with van der Waals surface area (Å²) in [6.07, 6.45) is 1.98. The molecule has 21 heavy (non-hydrogen) atoms. The average Bonchev–Trinajstić information content (AvgIpc) is 2.38. The molecule has 0 aromatic heterocycles. The summed E-state index contributed by atoms with van der Waals surface area (Å²) in [7, 11) is -3.51. The number of benzene rings is 1. The second-order valence-corrected chi connectivity index (χ2v) is 7.35. The Bertz CT molecular complexity index is 564. The SMILES string of the molecule is CCOC(=O)CCCCCS(=O)(=O)c1c(Cl)cccc1Cl. The Morgan fingerprint density at radius 1 is 1.14 bits per heavy atom. The Labute approximate surface area is 135 Å². The van der Waals surface area contributed by atoms with Gasteiger partial charge in [0.1, 0.15) is 4.90 Å². The molecule has 1 aromatic carbocycles. The van der Waals surface area contributed by atoms with Crippen LogP contribution in [0, 0.1) is 0 Å². The van der Waals surface area contributed by atoms with Gasteiger partial charge in [0.2, 0.25) is 0 Å². The summed E-state index contributed by atoms with van der Waals surface area (Å²) in [4.78, 5) is 11.1. The molecule has 0 atom stereocenters. The lowest BCUT2D eigenvalue weighted by Crippen LogP contribution is -2.09. The molecule has 0 heterocycles. The Balaban J connectivity index is 2.49. The van der Waals surface area contributed by atoms with Crippen LogP contribution in [0.15, 0.2) is 23.1 Å². The smallest absolute Gasteiger partial charge is 0.305 e. The highest BCUT2D eigenvalue weighted by molar-refractivity contribution is 7.91. The number of hydrogen-bond acceptors (Lipinski definition) is 4. The number of sulfone groups is 1. The summed E-state index contributed by atoms with van der Waals surface area (Å²) in [5.74, 6) is -0.297. The van der Waals surface area contributed by atoms with Crippen molar-refractivity contribution in [1.82, 2.24) is 0 Å². The highest BCUT2D eigenvalue weighted by Gasteiger charge is 2.21. The zero-order chi connectivity index (χ0) is 15.9. The molecular weight excluding hydrogens is 335 g/mol. The third kappa shape index (κ3) is 5.85. The maximum absolute atomic E-state index is 12.2. The molecule has 0 fully saturated rings. The molecule has 0 aliphatic rings. The number of halogens is 2. The molecule has 4 nitrogen and oxygen atoms in total. The minimum atomic E-state index is -3.51. The number of carbonyl (C=O) groups is 1. The lowest BCUT2D eigenvalue weighted by Gasteiger charge is -2.08. The van der Waals surface area contributed by atoms with Crippen molar-refractivity contribution in [3.8, 4) is 0 Å². The second-order valence-electron chi connectivity index (χ2n) is 4.49. The van der Waals surface area contributed by atoms with Crippen molar-refractivity contribution >= 4 is 39.0 Å². The fourth-order valence-corrected chi connectivity index (χ4v) is 4.47. The van der Waals surface area contributed by atoms with Crippen LogP contribution in [-0.4, -0.2) is 26.7 Å². The van der Waals surface area contributed by atoms with Crippen LogP contribution in [-0.2, 0) is 19.4 Å². The van der Waals surface area contributed by atoms with Gasteiger partial charge in [0.15, 0.2) is 9.84 Å². The lowest BCUT2D eigenvalue weighted by molar-refractivity contribution is -0.143. The fraction of sp³-hybridized carbons (Fsp3) is 0.500. The molecular formula is C14H18Cl2O4S. The molecule has 1 aromatic rings. The first-order valence-corrected chi connectivity index (χ1v) is 9.11. The molecule has 0 bridgehead atoms. The van der Waals surface area contributed by atoms with E-state index in [0.29, 0.717) is 32.3 Å². The predicted octanol–water partition coefficient (Wildman–Crippen LogP) is 3.89. The number of carbonyl (C=O) groups excluding carboxylic acids is 1. The molecule has 0 amide bonds. The van der Waals surface area contributed by atoms with Gasteiger partial charge in [0, 0.05) is 6.42 Å². The number of rotatable bonds is 8. The molecule has 0 saturated heterocycles. The first kappa shape index (κ1) is 18.3. The average molecular weight is 353 g/mol. The highest BCUT2D eigenvalue weighted by atomic mass is 35.5. The number of ether oxygens (including phenoxy) is 1. The van der Waals surface area contributed by atoms with E-state index in [1.807, 2.05) is 0 Å². The molecule has 0 aliphatic carbocycles. The molecule has 0 spiro atoms. The van der Waals surface area contributed by atoms with Gasteiger partial charge in [0.05, 0.1) is 22.4 Å². The van der Waals surface area contributed by atoms with Gasteiger partial charge in [-0.3, -0.25) is 4.79 Å². The van der Waals surface area contributed by atoms with E-state index in [1.54, 1.807) is 13.0 Å². The topological polar surface area (TPSA) is 60.4 Å². The molecule has 0 N–H and O–H groups in total. The molecule has 1 rings (SSSR count). The second kappa shape index (κ2) is 8.61. The standard InChI is InChI=1S/C14H18Cl2O4S/c1-2-20-13(17)9-4-3-5-10-21(18,19)14-11(15)7-6-8-12(14)16/h6-8H,2-5,9-10H2,1H3. The minimum Gasteiger partial charge on any atom is -0.466 e. The summed E-state index contributed by atoms with van der Waals surface area (Å²) in [5.41, 5.74) is 0. The zero-order valence-corrected chi connectivity index (χ0v) is 14.1. The van der Waals surface area contributed by atoms with Gasteiger partial charge >= 0.3 is 5.97 Å². The van der Waals surface area contributed by atoms with Crippen LogP contribution in [0.25, 0.3) is 0 Å². The molecule has 7 heteroatoms. The van der Waals surface area contributed by atoms with Gasteiger partial charge in [-0.25, -0.2) is 8.42 Å². The van der Waals surface area contributed by atoms with Crippen molar-refractivity contribution < 1.29 is 17.9 Å². The Morgan fingerprint density at radius 3 is 2.33 bits per heavy atom. The van der Waals surface area contributed by atoms with Gasteiger partial charge in [-0.2, -0.15) is 0 Å². The molecule has 0 saturated carbocycles. The first-order chi connectivity index (χ1) is 9.88. The van der Waals surface area contributed by atoms with Gasteiger partial charge in [-0.05, 0) is 31.9 Å². The summed E-state index contributed by atoms with van der Waals surface area (Å²) in [5, 5.41) is 0.267. The molecule has 0 unspecified atom stereocenters. The van der Waals surface area contributed by atoms with Crippen molar-refractivity contribution in [3.05, 3.63) is 28.2 Å². The molecule has 118 valence electrons. The van der Waals surface area contributed by atoms with Gasteiger partial charge in [0.25, 0.3) is 0 Å². The van der Waals surface area contributed by atoms with E-state index in [2.05, 4.69) is 0 Å². The van der Waals surface area contributed by atoms with Crippen LogP contribution in [0.1, 0.15) is 32.6 Å². The van der Waals surface area contributed by atoms with E-state index >= 15 is 0 Å². The number of hydrogen-bond donors (Lipinski definition) is 0. The zero-order valence-electron chi connectivity index (χ0n) is 11.8. The quantitative estimate of drug-likeness (QED) is 0.525. The van der Waals surface area contributed by atoms with Crippen molar-refractivity contribution in [1.29, 1.82) is 0 Å². The minimum absolute atomic E-state index is 0.0151. The normalized spacial score (nSPS) is 11.4. The van der Waals surface area contributed by atoms with Crippen LogP contribution >= 0.6 is 23.2 Å². The molecule has 0 aliphatic heterocycles. The van der Waals surface area contributed by atoms with Crippen LogP contribution in [0.5, 0.6) is 0 Å². The first-order valence-electron chi connectivity index (χ1n) is 6.71. The van der Waals surface area contributed by atoms with Crippen LogP contribution in [0.4, 0.5) is 0 Å². The van der Waals surface area contributed by atoms with E-state index in [9.17, 15) is 13.2 Å². The Hall–Kier alpha value is -0.780. The number of esters is 1. The fourth-order valence-electron chi connectivity index (χ4n) is 1.85.